The first-order valence-electron chi connectivity index (χ1n) is 10.0. The number of methoxy groups -OCH3 is 1. The monoisotopic (exact) mass is 398 g/mol. The molecule has 0 spiro atoms. The Kier molecular flexibility index (Phi) is 4.67. The molecular formula is C24H22N4O2. The molecule has 1 aromatic carbocycles. The number of hydrogen-bond donors (Lipinski definition) is 1. The molecule has 0 amide bonds. The smallest absolute Gasteiger partial charge is 0.341 e. The molecule has 150 valence electrons. The molecule has 1 saturated carbocycles. The fourth-order valence-electron chi connectivity index (χ4n) is 3.73. The van der Waals surface area contributed by atoms with Crippen molar-refractivity contribution in [3.8, 4) is 0 Å². The van der Waals surface area contributed by atoms with E-state index in [4.69, 9.17) is 4.74 Å². The summed E-state index contributed by atoms with van der Waals surface area (Å²) in [5.41, 5.74) is 4.73. The van der Waals surface area contributed by atoms with Gasteiger partial charge in [-0.05, 0) is 66.3 Å². The highest BCUT2D eigenvalue weighted by molar-refractivity contribution is 5.96. The fraction of sp³-hybridized carbons (Fsp3) is 0.208. The van der Waals surface area contributed by atoms with Gasteiger partial charge in [0.1, 0.15) is 11.4 Å². The molecule has 0 saturated heterocycles. The van der Waals surface area contributed by atoms with Crippen molar-refractivity contribution in [2.24, 2.45) is 0 Å². The van der Waals surface area contributed by atoms with Crippen molar-refractivity contribution in [1.82, 2.24) is 14.5 Å². The van der Waals surface area contributed by atoms with E-state index in [1.54, 1.807) is 6.20 Å². The van der Waals surface area contributed by atoms with Crippen LogP contribution in [0.4, 0.5) is 11.5 Å². The van der Waals surface area contributed by atoms with Gasteiger partial charge in [0.25, 0.3) is 0 Å². The number of anilines is 2. The first kappa shape index (κ1) is 18.4. The predicted molar refractivity (Wildman–Crippen MR) is 116 cm³/mol. The Labute approximate surface area is 174 Å². The third kappa shape index (κ3) is 3.64. The quantitative estimate of drug-likeness (QED) is 0.469. The van der Waals surface area contributed by atoms with Crippen LogP contribution in [-0.4, -0.2) is 27.6 Å². The normalized spacial score (nSPS) is 13.4. The lowest BCUT2D eigenvalue weighted by molar-refractivity contribution is 0.0601. The van der Waals surface area contributed by atoms with E-state index >= 15 is 0 Å². The highest BCUT2D eigenvalue weighted by Crippen LogP contribution is 2.40. The lowest BCUT2D eigenvalue weighted by Crippen LogP contribution is -2.08. The minimum atomic E-state index is -0.379. The van der Waals surface area contributed by atoms with Gasteiger partial charge in [-0.2, -0.15) is 0 Å². The minimum absolute atomic E-state index is 0.379. The largest absolute Gasteiger partial charge is 0.465 e. The minimum Gasteiger partial charge on any atom is -0.465 e. The average Bonchev–Trinajstić information content (AvgIpc) is 3.56. The molecule has 0 radical (unpaired) electrons. The molecule has 0 atom stereocenters. The van der Waals surface area contributed by atoms with Gasteiger partial charge < -0.3 is 14.6 Å². The van der Waals surface area contributed by atoms with E-state index in [-0.39, 0.29) is 5.97 Å². The van der Waals surface area contributed by atoms with Crippen molar-refractivity contribution >= 4 is 28.4 Å². The van der Waals surface area contributed by atoms with Crippen LogP contribution in [0.15, 0.2) is 67.3 Å². The number of benzene rings is 1. The lowest BCUT2D eigenvalue weighted by Gasteiger charge is -2.12. The van der Waals surface area contributed by atoms with Crippen molar-refractivity contribution < 1.29 is 9.53 Å². The van der Waals surface area contributed by atoms with Crippen molar-refractivity contribution in [3.05, 3.63) is 83.9 Å². The first-order valence-corrected chi connectivity index (χ1v) is 10.0. The number of ether oxygens (including phenoxy) is 1. The Morgan fingerprint density at radius 2 is 2.10 bits per heavy atom. The predicted octanol–water partition coefficient (Wildman–Crippen LogP) is 4.89. The summed E-state index contributed by atoms with van der Waals surface area (Å²) in [6.45, 7) is 0.765. The number of carbonyl (C=O) groups excluding carboxylic acids is 1. The van der Waals surface area contributed by atoms with Crippen LogP contribution in [0.2, 0.25) is 0 Å². The molecule has 30 heavy (non-hydrogen) atoms. The number of nitrogens with zero attached hydrogens (tertiary/aromatic N) is 3. The van der Waals surface area contributed by atoms with E-state index < -0.39 is 0 Å². The van der Waals surface area contributed by atoms with Gasteiger partial charge in [0, 0.05) is 47.9 Å². The Morgan fingerprint density at radius 1 is 1.20 bits per heavy atom. The third-order valence-corrected chi connectivity index (χ3v) is 5.47. The van der Waals surface area contributed by atoms with Crippen LogP contribution in [0.5, 0.6) is 0 Å². The summed E-state index contributed by atoms with van der Waals surface area (Å²) in [7, 11) is 1.40. The summed E-state index contributed by atoms with van der Waals surface area (Å²) in [4.78, 5) is 21.0. The zero-order valence-electron chi connectivity index (χ0n) is 16.7. The zero-order valence-corrected chi connectivity index (χ0v) is 16.7. The molecule has 1 aliphatic rings. The van der Waals surface area contributed by atoms with E-state index in [9.17, 15) is 4.79 Å². The second kappa shape index (κ2) is 7.63. The van der Waals surface area contributed by atoms with Crippen LogP contribution in [0, 0.1) is 0 Å². The van der Waals surface area contributed by atoms with Crippen LogP contribution in [0.3, 0.4) is 0 Å². The SMILES string of the molecule is COC(=O)c1cc(C2CC2)cnc1Nc1ccc2c(ccn2Cc2cccnc2)c1. The van der Waals surface area contributed by atoms with Gasteiger partial charge in [-0.15, -0.1) is 0 Å². The molecule has 5 rings (SSSR count). The number of rotatable bonds is 6. The number of fused-ring (bicyclic) bond motifs is 1. The Morgan fingerprint density at radius 3 is 2.87 bits per heavy atom. The summed E-state index contributed by atoms with van der Waals surface area (Å²) < 4.78 is 7.17. The molecule has 1 fully saturated rings. The summed E-state index contributed by atoms with van der Waals surface area (Å²) in [5.74, 6) is 0.655. The molecule has 0 aliphatic heterocycles. The maximum atomic E-state index is 12.3. The number of aromatic nitrogens is 3. The molecule has 1 aliphatic carbocycles. The van der Waals surface area contributed by atoms with Gasteiger partial charge in [-0.3, -0.25) is 4.98 Å². The number of nitrogens with one attached hydrogen (secondary N) is 1. The number of pyridine rings is 2. The van der Waals surface area contributed by atoms with Gasteiger partial charge in [0.15, 0.2) is 0 Å². The third-order valence-electron chi connectivity index (χ3n) is 5.47. The molecular weight excluding hydrogens is 376 g/mol. The van der Waals surface area contributed by atoms with Gasteiger partial charge in [-0.25, -0.2) is 9.78 Å². The van der Waals surface area contributed by atoms with Crippen molar-refractivity contribution in [3.63, 3.8) is 0 Å². The fourth-order valence-corrected chi connectivity index (χ4v) is 3.73. The standard InChI is InChI=1S/C24H22N4O2/c1-30-24(29)21-12-19(17-4-5-17)14-26-23(21)27-20-6-7-22-18(11-20)8-10-28(22)15-16-3-2-9-25-13-16/h2-3,6-14,17H,4-5,15H2,1H3,(H,26,27). The van der Waals surface area contributed by atoms with Crippen LogP contribution < -0.4 is 5.32 Å². The van der Waals surface area contributed by atoms with E-state index in [2.05, 4.69) is 50.3 Å². The molecule has 0 unspecified atom stereocenters. The topological polar surface area (TPSA) is 69.0 Å². The van der Waals surface area contributed by atoms with Crippen LogP contribution in [0.25, 0.3) is 10.9 Å². The zero-order chi connectivity index (χ0) is 20.5. The van der Waals surface area contributed by atoms with Crippen molar-refractivity contribution in [1.29, 1.82) is 0 Å². The summed E-state index contributed by atoms with van der Waals surface area (Å²) in [6, 6.07) is 14.1. The Hall–Kier alpha value is -3.67. The highest BCUT2D eigenvalue weighted by atomic mass is 16.5. The molecule has 6 heteroatoms. The molecule has 6 nitrogen and oxygen atoms in total. The van der Waals surface area contributed by atoms with Crippen LogP contribution in [0.1, 0.15) is 40.2 Å². The molecule has 4 aromatic rings. The maximum absolute atomic E-state index is 12.3. The number of carbonyl (C=O) groups is 1. The second-order valence-electron chi connectivity index (χ2n) is 7.63. The Bertz CT molecular complexity index is 1210. The Balaban J connectivity index is 1.42. The van der Waals surface area contributed by atoms with Gasteiger partial charge >= 0.3 is 5.97 Å². The second-order valence-corrected chi connectivity index (χ2v) is 7.63. The molecule has 3 heterocycles. The van der Waals surface area contributed by atoms with Crippen molar-refractivity contribution in [2.75, 3.05) is 12.4 Å². The van der Waals surface area contributed by atoms with E-state index in [1.165, 1.54) is 7.11 Å². The summed E-state index contributed by atoms with van der Waals surface area (Å²) in [6.07, 6.45) is 9.90. The lowest BCUT2D eigenvalue weighted by atomic mass is 10.1. The molecule has 0 bridgehead atoms. The van der Waals surface area contributed by atoms with Gasteiger partial charge in [-0.1, -0.05) is 6.07 Å². The van der Waals surface area contributed by atoms with E-state index in [0.717, 1.165) is 47.1 Å². The summed E-state index contributed by atoms with van der Waals surface area (Å²) in [5, 5.41) is 4.40. The van der Waals surface area contributed by atoms with E-state index in [1.807, 2.05) is 30.6 Å². The van der Waals surface area contributed by atoms with Crippen LogP contribution >= 0.6 is 0 Å². The van der Waals surface area contributed by atoms with Crippen LogP contribution in [-0.2, 0) is 11.3 Å². The average molecular weight is 398 g/mol. The number of hydrogen-bond acceptors (Lipinski definition) is 5. The highest BCUT2D eigenvalue weighted by Gasteiger charge is 2.26. The summed E-state index contributed by atoms with van der Waals surface area (Å²) >= 11 is 0. The van der Waals surface area contributed by atoms with Gasteiger partial charge in [0.2, 0.25) is 0 Å². The maximum Gasteiger partial charge on any atom is 0.341 e. The van der Waals surface area contributed by atoms with Gasteiger partial charge in [0.05, 0.1) is 7.11 Å². The van der Waals surface area contributed by atoms with Crippen molar-refractivity contribution in [2.45, 2.75) is 25.3 Å². The first-order chi connectivity index (χ1) is 14.7. The molecule has 1 N–H and O–H groups in total. The molecule has 3 aromatic heterocycles. The number of esters is 1. The van der Waals surface area contributed by atoms with E-state index in [0.29, 0.717) is 17.3 Å².